The number of carbonyl (C=O) groups is 1. The van der Waals surface area contributed by atoms with Crippen molar-refractivity contribution in [3.05, 3.63) is 0 Å². The monoisotopic (exact) mass is 277 g/mol. The lowest BCUT2D eigenvalue weighted by Crippen LogP contribution is -2.47. The van der Waals surface area contributed by atoms with Crippen molar-refractivity contribution in [2.24, 2.45) is 0 Å². The van der Waals surface area contributed by atoms with Crippen LogP contribution in [-0.2, 0) is 14.6 Å². The Hall–Kier alpha value is -0.620. The Labute approximate surface area is 109 Å². The van der Waals surface area contributed by atoms with Crippen LogP contribution in [0.15, 0.2) is 0 Å². The first-order chi connectivity index (χ1) is 8.13. The van der Waals surface area contributed by atoms with Gasteiger partial charge in [0.25, 0.3) is 0 Å². The van der Waals surface area contributed by atoms with Gasteiger partial charge in [-0.25, -0.2) is 8.42 Å². The zero-order chi connectivity index (χ0) is 14.0. The van der Waals surface area contributed by atoms with Gasteiger partial charge in [-0.1, -0.05) is 0 Å². The average molecular weight is 277 g/mol. The molecule has 2 atom stereocenters. The fraction of sp³-hybridized carbons (Fsp3) is 0.917. The van der Waals surface area contributed by atoms with Crippen LogP contribution in [0.3, 0.4) is 0 Å². The minimum absolute atomic E-state index is 0.00280. The minimum atomic E-state index is -3.12. The van der Waals surface area contributed by atoms with E-state index >= 15 is 0 Å². The van der Waals surface area contributed by atoms with Gasteiger partial charge in [0, 0.05) is 6.04 Å². The fourth-order valence-electron chi connectivity index (χ4n) is 2.05. The van der Waals surface area contributed by atoms with Crippen molar-refractivity contribution in [3.63, 3.8) is 0 Å². The van der Waals surface area contributed by atoms with Crippen LogP contribution >= 0.6 is 0 Å². The van der Waals surface area contributed by atoms with E-state index in [1.807, 2.05) is 0 Å². The number of aliphatic carboxylic acids is 1. The summed E-state index contributed by atoms with van der Waals surface area (Å²) in [5.74, 6) is -0.737. The van der Waals surface area contributed by atoms with Crippen molar-refractivity contribution >= 4 is 15.8 Å². The number of carboxylic acids is 1. The molecule has 1 heterocycles. The number of sulfone groups is 1. The van der Waals surface area contributed by atoms with E-state index in [-0.39, 0.29) is 11.8 Å². The molecule has 5 nitrogen and oxygen atoms in total. The second-order valence-corrected chi connectivity index (χ2v) is 8.77. The molecule has 0 bridgehead atoms. The maximum atomic E-state index is 12.0. The van der Waals surface area contributed by atoms with Gasteiger partial charge in [-0.2, -0.15) is 0 Å². The van der Waals surface area contributed by atoms with Gasteiger partial charge in [-0.05, 0) is 46.5 Å². The number of nitrogens with one attached hydrogen (secondary N) is 1. The highest BCUT2D eigenvalue weighted by molar-refractivity contribution is 7.92. The summed E-state index contributed by atoms with van der Waals surface area (Å²) < 4.78 is 23.2. The van der Waals surface area contributed by atoms with Crippen molar-refractivity contribution in [2.45, 2.75) is 63.3 Å². The van der Waals surface area contributed by atoms with Crippen LogP contribution in [-0.4, -0.2) is 42.1 Å². The maximum absolute atomic E-state index is 12.0. The van der Waals surface area contributed by atoms with Crippen LogP contribution in [0.2, 0.25) is 0 Å². The fourth-order valence-corrected chi connectivity index (χ4v) is 3.25. The summed E-state index contributed by atoms with van der Waals surface area (Å²) in [6.07, 6.45) is 2.80. The lowest BCUT2D eigenvalue weighted by molar-refractivity contribution is -0.140. The molecule has 1 rings (SSSR count). The highest BCUT2D eigenvalue weighted by Gasteiger charge is 2.31. The zero-order valence-corrected chi connectivity index (χ0v) is 12.1. The molecule has 0 aliphatic carbocycles. The van der Waals surface area contributed by atoms with Crippen molar-refractivity contribution in [1.82, 2.24) is 5.32 Å². The van der Waals surface area contributed by atoms with Gasteiger partial charge < -0.3 is 10.4 Å². The van der Waals surface area contributed by atoms with E-state index in [0.717, 1.165) is 12.8 Å². The zero-order valence-electron chi connectivity index (χ0n) is 11.3. The summed E-state index contributed by atoms with van der Waals surface area (Å²) in [4.78, 5) is 10.9. The van der Waals surface area contributed by atoms with Crippen molar-refractivity contribution in [3.8, 4) is 0 Å². The molecule has 0 amide bonds. The average Bonchev–Trinajstić information content (AvgIpc) is 2.25. The van der Waals surface area contributed by atoms with E-state index in [4.69, 9.17) is 5.11 Å². The predicted molar refractivity (Wildman–Crippen MR) is 70.4 cm³/mol. The van der Waals surface area contributed by atoms with E-state index in [1.54, 1.807) is 20.8 Å². The van der Waals surface area contributed by atoms with Crippen molar-refractivity contribution in [1.29, 1.82) is 0 Å². The Morgan fingerprint density at radius 3 is 2.44 bits per heavy atom. The Morgan fingerprint density at radius 2 is 1.94 bits per heavy atom. The topological polar surface area (TPSA) is 83.5 Å². The summed E-state index contributed by atoms with van der Waals surface area (Å²) in [5, 5.41) is 11.9. The summed E-state index contributed by atoms with van der Waals surface area (Å²) in [7, 11) is -3.12. The summed E-state index contributed by atoms with van der Waals surface area (Å²) in [6, 6.07) is -0.530. The Balaban J connectivity index is 2.52. The standard InChI is InChI=1S/C12H23NO4S/c1-12(2,3)18(16,17)8-7-9-5-4-6-10(13-9)11(14)15/h9-10,13H,4-8H2,1-3H3,(H,14,15). The molecule has 1 saturated heterocycles. The van der Waals surface area contributed by atoms with E-state index in [2.05, 4.69) is 5.32 Å². The molecule has 1 aliphatic rings. The van der Waals surface area contributed by atoms with Crippen LogP contribution in [0.5, 0.6) is 0 Å². The summed E-state index contributed by atoms with van der Waals surface area (Å²) in [5.41, 5.74) is 0. The highest BCUT2D eigenvalue weighted by atomic mass is 32.2. The minimum Gasteiger partial charge on any atom is -0.480 e. The number of hydrogen-bond acceptors (Lipinski definition) is 4. The molecule has 0 aromatic carbocycles. The molecule has 2 N–H and O–H groups in total. The predicted octanol–water partition coefficient (Wildman–Crippen LogP) is 1.19. The molecular weight excluding hydrogens is 254 g/mol. The number of rotatable bonds is 4. The molecule has 18 heavy (non-hydrogen) atoms. The Kier molecular flexibility index (Phi) is 4.78. The van der Waals surface area contributed by atoms with Crippen LogP contribution in [0.4, 0.5) is 0 Å². The second-order valence-electron chi connectivity index (χ2n) is 5.91. The normalized spacial score (nSPS) is 25.9. The first-order valence-electron chi connectivity index (χ1n) is 6.34. The number of carboxylic acid groups (broad SMARTS) is 1. The van der Waals surface area contributed by atoms with Crippen molar-refractivity contribution < 1.29 is 18.3 Å². The smallest absolute Gasteiger partial charge is 0.320 e. The summed E-state index contributed by atoms with van der Waals surface area (Å²) >= 11 is 0. The molecule has 6 heteroatoms. The number of hydrogen-bond donors (Lipinski definition) is 2. The molecule has 0 aromatic heterocycles. The molecular formula is C12H23NO4S. The number of piperidine rings is 1. The highest BCUT2D eigenvalue weighted by Crippen LogP contribution is 2.20. The first kappa shape index (κ1) is 15.4. The van der Waals surface area contributed by atoms with Crippen LogP contribution < -0.4 is 5.32 Å². The van der Waals surface area contributed by atoms with Gasteiger partial charge in [-0.15, -0.1) is 0 Å². The van der Waals surface area contributed by atoms with Crippen LogP contribution in [0, 0.1) is 0 Å². The van der Waals surface area contributed by atoms with Gasteiger partial charge in [0.05, 0.1) is 10.5 Å². The van der Waals surface area contributed by atoms with Gasteiger partial charge in [-0.3, -0.25) is 4.79 Å². The molecule has 1 fully saturated rings. The largest absolute Gasteiger partial charge is 0.480 e. The molecule has 106 valence electrons. The molecule has 0 spiro atoms. The van der Waals surface area contributed by atoms with E-state index in [9.17, 15) is 13.2 Å². The van der Waals surface area contributed by atoms with Crippen molar-refractivity contribution in [2.75, 3.05) is 5.75 Å². The third-order valence-corrected chi connectivity index (χ3v) is 6.09. The molecule has 0 aromatic rings. The SMILES string of the molecule is CC(C)(C)S(=O)(=O)CCC1CCCC(C(=O)O)N1. The Morgan fingerprint density at radius 1 is 1.33 bits per heavy atom. The van der Waals surface area contributed by atoms with Gasteiger partial charge in [0.1, 0.15) is 6.04 Å². The first-order valence-corrected chi connectivity index (χ1v) is 8.00. The molecule has 1 aliphatic heterocycles. The molecule has 2 unspecified atom stereocenters. The molecule has 0 radical (unpaired) electrons. The van der Waals surface area contributed by atoms with Gasteiger partial charge in [0.15, 0.2) is 9.84 Å². The second kappa shape index (κ2) is 5.57. The lowest BCUT2D eigenvalue weighted by atomic mass is 9.97. The quantitative estimate of drug-likeness (QED) is 0.806. The Bertz CT molecular complexity index is 397. The van der Waals surface area contributed by atoms with Gasteiger partial charge >= 0.3 is 5.97 Å². The molecule has 0 saturated carbocycles. The van der Waals surface area contributed by atoms with Crippen LogP contribution in [0.25, 0.3) is 0 Å². The van der Waals surface area contributed by atoms with Crippen LogP contribution in [0.1, 0.15) is 46.5 Å². The van der Waals surface area contributed by atoms with E-state index in [1.165, 1.54) is 0 Å². The van der Waals surface area contributed by atoms with Gasteiger partial charge in [0.2, 0.25) is 0 Å². The van der Waals surface area contributed by atoms with E-state index < -0.39 is 26.6 Å². The summed E-state index contributed by atoms with van der Waals surface area (Å²) in [6.45, 7) is 5.07. The van der Waals surface area contributed by atoms with E-state index in [0.29, 0.717) is 12.8 Å². The maximum Gasteiger partial charge on any atom is 0.320 e. The third-order valence-electron chi connectivity index (χ3n) is 3.45. The lowest BCUT2D eigenvalue weighted by Gasteiger charge is -2.29. The third kappa shape index (κ3) is 3.95.